The Bertz CT molecular complexity index is 943. The lowest BCUT2D eigenvalue weighted by Crippen LogP contribution is -2.35. The van der Waals surface area contributed by atoms with Gasteiger partial charge in [0.2, 0.25) is 0 Å². The molecule has 1 saturated heterocycles. The number of nitrogens with one attached hydrogen (secondary N) is 1. The van der Waals surface area contributed by atoms with E-state index in [0.717, 1.165) is 5.01 Å². The Morgan fingerprint density at radius 3 is 2.64 bits per heavy atom. The second-order valence-corrected chi connectivity index (χ2v) is 6.19. The van der Waals surface area contributed by atoms with Crippen molar-refractivity contribution < 1.29 is 23.9 Å². The van der Waals surface area contributed by atoms with Crippen molar-refractivity contribution in [2.75, 3.05) is 18.2 Å². The van der Waals surface area contributed by atoms with Gasteiger partial charge in [0, 0.05) is 10.6 Å². The molecule has 0 saturated carbocycles. The van der Waals surface area contributed by atoms with E-state index in [9.17, 15) is 14.4 Å². The van der Waals surface area contributed by atoms with Crippen molar-refractivity contribution in [2.45, 2.75) is 6.92 Å². The number of halogens is 1. The van der Waals surface area contributed by atoms with Crippen molar-refractivity contribution >= 4 is 41.1 Å². The van der Waals surface area contributed by atoms with Crippen molar-refractivity contribution in [3.8, 4) is 5.75 Å². The average Bonchev–Trinajstić information content (AvgIpc) is 2.96. The molecule has 0 atom stereocenters. The van der Waals surface area contributed by atoms with Crippen molar-refractivity contribution in [3.63, 3.8) is 0 Å². The summed E-state index contributed by atoms with van der Waals surface area (Å²) >= 11 is 6.04. The van der Waals surface area contributed by atoms with Crippen LogP contribution in [0.25, 0.3) is 6.08 Å². The molecule has 2 aromatic carbocycles. The minimum absolute atomic E-state index is 0.0768. The van der Waals surface area contributed by atoms with E-state index in [1.165, 1.54) is 6.08 Å². The molecule has 1 fully saturated rings. The largest absolute Gasteiger partial charge is 0.481 e. The molecule has 0 aliphatic carbocycles. The smallest absolute Gasteiger partial charge is 0.344 e. The Hall–Kier alpha value is -3.32. The van der Waals surface area contributed by atoms with Crippen LogP contribution in [-0.4, -0.2) is 31.0 Å². The summed E-state index contributed by atoms with van der Waals surface area (Å²) in [5.41, 5.74) is 3.37. The number of rotatable bonds is 6. The lowest BCUT2D eigenvalue weighted by molar-refractivity contribution is -0.145. The molecular formula is C20H17ClN2O5. The quantitative estimate of drug-likeness (QED) is 0.458. The summed E-state index contributed by atoms with van der Waals surface area (Å²) in [6, 6.07) is 13.4. The molecule has 0 spiro atoms. The van der Waals surface area contributed by atoms with Gasteiger partial charge >= 0.3 is 5.97 Å². The summed E-state index contributed by atoms with van der Waals surface area (Å²) in [6.45, 7) is 1.63. The van der Waals surface area contributed by atoms with Gasteiger partial charge in [-0.1, -0.05) is 29.8 Å². The third-order valence-corrected chi connectivity index (χ3v) is 4.06. The van der Waals surface area contributed by atoms with Crippen molar-refractivity contribution in [2.24, 2.45) is 0 Å². The molecule has 0 radical (unpaired) electrons. The van der Waals surface area contributed by atoms with E-state index in [0.29, 0.717) is 22.0 Å². The number of carbonyl (C=O) groups excluding carboxylic acids is 3. The first-order chi connectivity index (χ1) is 13.5. The Morgan fingerprint density at radius 1 is 1.18 bits per heavy atom. The highest BCUT2D eigenvalue weighted by molar-refractivity contribution is 6.32. The first-order valence-electron chi connectivity index (χ1n) is 8.49. The van der Waals surface area contributed by atoms with E-state index >= 15 is 0 Å². The van der Waals surface area contributed by atoms with E-state index in [1.807, 2.05) is 6.07 Å². The topological polar surface area (TPSA) is 84.9 Å². The SMILES string of the molecule is CCOC(=O)COc1ccc(Cl)cc1/C=C1/C(=O)NN(c2ccccc2)C1=O. The maximum absolute atomic E-state index is 12.7. The first-order valence-corrected chi connectivity index (χ1v) is 8.87. The van der Waals surface area contributed by atoms with Crippen LogP contribution >= 0.6 is 11.6 Å². The maximum atomic E-state index is 12.7. The molecule has 1 aliphatic rings. The van der Waals surface area contributed by atoms with Crippen LogP contribution in [-0.2, 0) is 19.1 Å². The molecule has 3 rings (SSSR count). The second-order valence-electron chi connectivity index (χ2n) is 5.75. The van der Waals surface area contributed by atoms with Crippen LogP contribution < -0.4 is 15.2 Å². The molecule has 2 amide bonds. The lowest BCUT2D eigenvalue weighted by atomic mass is 10.1. The molecule has 7 nitrogen and oxygen atoms in total. The van der Waals surface area contributed by atoms with Crippen LogP contribution in [0.3, 0.4) is 0 Å². The van der Waals surface area contributed by atoms with Crippen LogP contribution in [0, 0.1) is 0 Å². The number of carbonyl (C=O) groups is 3. The molecule has 28 heavy (non-hydrogen) atoms. The number of anilines is 1. The Kier molecular flexibility index (Phi) is 5.96. The number of hydrogen-bond donors (Lipinski definition) is 1. The maximum Gasteiger partial charge on any atom is 0.344 e. The minimum atomic E-state index is -0.551. The highest BCUT2D eigenvalue weighted by Gasteiger charge is 2.34. The zero-order chi connectivity index (χ0) is 20.1. The zero-order valence-corrected chi connectivity index (χ0v) is 15.7. The van der Waals surface area contributed by atoms with E-state index in [4.69, 9.17) is 21.1 Å². The normalized spacial score (nSPS) is 14.9. The highest BCUT2D eigenvalue weighted by Crippen LogP contribution is 2.28. The Balaban J connectivity index is 1.88. The summed E-state index contributed by atoms with van der Waals surface area (Å²) in [6.07, 6.45) is 1.38. The number of nitrogens with zero attached hydrogens (tertiary/aromatic N) is 1. The molecule has 1 N–H and O–H groups in total. The molecule has 1 heterocycles. The minimum Gasteiger partial charge on any atom is -0.481 e. The molecule has 8 heteroatoms. The molecule has 0 unspecified atom stereocenters. The van der Waals surface area contributed by atoms with Gasteiger partial charge < -0.3 is 9.47 Å². The van der Waals surface area contributed by atoms with Gasteiger partial charge in [-0.2, -0.15) is 0 Å². The molecule has 2 aromatic rings. The van der Waals surface area contributed by atoms with E-state index < -0.39 is 17.8 Å². The zero-order valence-electron chi connectivity index (χ0n) is 15.0. The van der Waals surface area contributed by atoms with E-state index in [1.54, 1.807) is 49.4 Å². The van der Waals surface area contributed by atoms with Crippen LogP contribution in [0.15, 0.2) is 54.1 Å². The number of hydrogen-bond acceptors (Lipinski definition) is 5. The summed E-state index contributed by atoms with van der Waals surface area (Å²) in [4.78, 5) is 36.6. The monoisotopic (exact) mass is 400 g/mol. The molecular weight excluding hydrogens is 384 g/mol. The number of benzene rings is 2. The van der Waals surface area contributed by atoms with Gasteiger partial charge in [-0.25, -0.2) is 9.80 Å². The number of ether oxygens (including phenoxy) is 2. The predicted octanol–water partition coefficient (Wildman–Crippen LogP) is 2.74. The average molecular weight is 401 g/mol. The van der Waals surface area contributed by atoms with Crippen molar-refractivity contribution in [3.05, 3.63) is 64.7 Å². The van der Waals surface area contributed by atoms with Gasteiger partial charge in [0.15, 0.2) is 6.61 Å². The fraction of sp³-hybridized carbons (Fsp3) is 0.150. The van der Waals surface area contributed by atoms with Crippen molar-refractivity contribution in [1.82, 2.24) is 5.43 Å². The number of amides is 2. The predicted molar refractivity (Wildman–Crippen MR) is 104 cm³/mol. The van der Waals surface area contributed by atoms with Crippen molar-refractivity contribution in [1.29, 1.82) is 0 Å². The summed E-state index contributed by atoms with van der Waals surface area (Å²) in [5.74, 6) is -1.29. The molecule has 1 aliphatic heterocycles. The number of para-hydroxylation sites is 1. The Morgan fingerprint density at radius 2 is 1.93 bits per heavy atom. The molecule has 0 bridgehead atoms. The lowest BCUT2D eigenvalue weighted by Gasteiger charge is -2.14. The third kappa shape index (κ3) is 4.32. The fourth-order valence-corrected chi connectivity index (χ4v) is 2.76. The van der Waals surface area contributed by atoms with Crippen LogP contribution in [0.1, 0.15) is 12.5 Å². The summed E-state index contributed by atoms with van der Waals surface area (Å²) in [5, 5.41) is 1.55. The van der Waals surface area contributed by atoms with E-state index in [-0.39, 0.29) is 18.8 Å². The second kappa shape index (κ2) is 8.58. The first kappa shape index (κ1) is 19.4. The highest BCUT2D eigenvalue weighted by atomic mass is 35.5. The van der Waals surface area contributed by atoms with Gasteiger partial charge in [0.25, 0.3) is 11.8 Å². The number of esters is 1. The van der Waals surface area contributed by atoms with Crippen LogP contribution in [0.5, 0.6) is 5.75 Å². The van der Waals surface area contributed by atoms with Gasteiger partial charge in [0.05, 0.1) is 12.3 Å². The van der Waals surface area contributed by atoms with Crippen LogP contribution in [0.2, 0.25) is 5.02 Å². The standard InChI is InChI=1S/C20H17ClN2O5/c1-2-27-18(24)12-28-17-9-8-14(21)10-13(17)11-16-19(25)22-23(20(16)26)15-6-4-3-5-7-15/h3-11H,2,12H2,1H3,(H,22,25)/b16-11-. The Labute approximate surface area is 166 Å². The number of hydrazine groups is 1. The summed E-state index contributed by atoms with van der Waals surface area (Å²) < 4.78 is 10.3. The fourth-order valence-electron chi connectivity index (χ4n) is 2.57. The summed E-state index contributed by atoms with van der Waals surface area (Å²) in [7, 11) is 0. The third-order valence-electron chi connectivity index (χ3n) is 3.83. The van der Waals surface area contributed by atoms with Gasteiger partial charge in [0.1, 0.15) is 11.3 Å². The van der Waals surface area contributed by atoms with Gasteiger partial charge in [-0.15, -0.1) is 0 Å². The van der Waals surface area contributed by atoms with E-state index in [2.05, 4.69) is 5.43 Å². The molecule has 144 valence electrons. The molecule has 0 aromatic heterocycles. The van der Waals surface area contributed by atoms with Gasteiger partial charge in [-0.05, 0) is 43.3 Å². The van der Waals surface area contributed by atoms with Crippen LogP contribution in [0.4, 0.5) is 5.69 Å². The van der Waals surface area contributed by atoms with Gasteiger partial charge in [-0.3, -0.25) is 15.0 Å².